The smallest absolute Gasteiger partial charge is 0.338 e. The highest BCUT2D eigenvalue weighted by Crippen LogP contribution is 2.14. The van der Waals surface area contributed by atoms with Gasteiger partial charge in [-0.15, -0.1) is 0 Å². The molecule has 1 aromatic rings. The van der Waals surface area contributed by atoms with Gasteiger partial charge in [-0.05, 0) is 32.0 Å². The van der Waals surface area contributed by atoms with Crippen molar-refractivity contribution in [2.45, 2.75) is 41.5 Å². The molecular formula is C16H27NO4. The van der Waals surface area contributed by atoms with E-state index in [-0.39, 0.29) is 24.3 Å². The van der Waals surface area contributed by atoms with Gasteiger partial charge in [-0.2, -0.15) is 0 Å². The number of nitrogen functional groups attached to an aromatic ring is 1. The van der Waals surface area contributed by atoms with Gasteiger partial charge in [0.2, 0.25) is 0 Å². The first-order chi connectivity index (χ1) is 10.1. The van der Waals surface area contributed by atoms with Gasteiger partial charge in [-0.3, -0.25) is 0 Å². The normalized spacial score (nSPS) is 8.48. The number of esters is 2. The van der Waals surface area contributed by atoms with Crippen molar-refractivity contribution in [3.63, 3.8) is 0 Å². The molecule has 0 saturated carbocycles. The maximum atomic E-state index is 11.5. The van der Waals surface area contributed by atoms with Gasteiger partial charge in [-0.25, -0.2) is 9.59 Å². The molecule has 0 radical (unpaired) electrons. The van der Waals surface area contributed by atoms with Gasteiger partial charge in [0.15, 0.2) is 0 Å². The van der Waals surface area contributed by atoms with Crippen LogP contribution in [0.3, 0.4) is 0 Å². The third-order valence-electron chi connectivity index (χ3n) is 1.98. The Morgan fingerprint density at radius 2 is 1.19 bits per heavy atom. The summed E-state index contributed by atoms with van der Waals surface area (Å²) in [6.45, 7) is 11.9. The van der Waals surface area contributed by atoms with Crippen LogP contribution in [0, 0.1) is 0 Å². The number of carbonyl (C=O) groups excluding carboxylic acids is 2. The Hall–Kier alpha value is -2.04. The summed E-state index contributed by atoms with van der Waals surface area (Å²) in [5.74, 6) is -1.02. The van der Waals surface area contributed by atoms with Gasteiger partial charge in [0.25, 0.3) is 0 Å². The fraction of sp³-hybridized carbons (Fsp3) is 0.500. The third kappa shape index (κ3) is 7.97. The van der Waals surface area contributed by atoms with Gasteiger partial charge in [0.05, 0.1) is 24.3 Å². The Labute approximate surface area is 127 Å². The molecule has 1 aromatic carbocycles. The minimum atomic E-state index is -0.509. The van der Waals surface area contributed by atoms with Crippen LogP contribution in [0.25, 0.3) is 0 Å². The lowest BCUT2D eigenvalue weighted by molar-refractivity contribution is 0.0525. The average Bonchev–Trinajstić information content (AvgIpc) is 2.51. The van der Waals surface area contributed by atoms with E-state index in [0.717, 1.165) is 0 Å². The SMILES string of the molecule is CC.CC.CCOC(=O)c1cc(N)cc(C(=O)OCC)c1. The summed E-state index contributed by atoms with van der Waals surface area (Å²) in [5, 5.41) is 0. The molecular weight excluding hydrogens is 270 g/mol. The zero-order valence-corrected chi connectivity index (χ0v) is 13.9. The second-order valence-electron chi connectivity index (χ2n) is 3.28. The fourth-order valence-corrected chi connectivity index (χ4v) is 1.32. The van der Waals surface area contributed by atoms with E-state index < -0.39 is 11.9 Å². The Morgan fingerprint density at radius 3 is 1.48 bits per heavy atom. The molecule has 0 atom stereocenters. The topological polar surface area (TPSA) is 78.6 Å². The number of nitrogens with two attached hydrogens (primary N) is 1. The minimum absolute atomic E-state index is 0.245. The minimum Gasteiger partial charge on any atom is -0.462 e. The molecule has 0 amide bonds. The number of hydrogen-bond acceptors (Lipinski definition) is 5. The Bertz CT molecular complexity index is 394. The molecule has 1 rings (SSSR count). The first-order valence-electron chi connectivity index (χ1n) is 7.33. The van der Waals surface area contributed by atoms with Crippen LogP contribution in [-0.2, 0) is 9.47 Å². The van der Waals surface area contributed by atoms with Crippen molar-refractivity contribution >= 4 is 17.6 Å². The standard InChI is InChI=1S/C12H15NO4.2C2H6/c1-3-16-11(14)8-5-9(7-10(13)6-8)12(15)17-4-2;2*1-2/h5-7H,3-4,13H2,1-2H3;2*1-2H3. The van der Waals surface area contributed by atoms with Crippen molar-refractivity contribution in [2.24, 2.45) is 0 Å². The van der Waals surface area contributed by atoms with E-state index in [1.807, 2.05) is 27.7 Å². The predicted molar refractivity (Wildman–Crippen MR) is 85.5 cm³/mol. The summed E-state index contributed by atoms with van der Waals surface area (Å²) < 4.78 is 9.66. The van der Waals surface area contributed by atoms with E-state index >= 15 is 0 Å². The molecule has 0 saturated heterocycles. The predicted octanol–water partition coefficient (Wildman–Crippen LogP) is 3.67. The third-order valence-corrected chi connectivity index (χ3v) is 1.98. The van der Waals surface area contributed by atoms with Crippen LogP contribution in [0.2, 0.25) is 0 Å². The summed E-state index contributed by atoms with van der Waals surface area (Å²) in [6, 6.07) is 4.33. The van der Waals surface area contributed by atoms with Gasteiger partial charge < -0.3 is 15.2 Å². The first kappa shape index (κ1) is 21.3. The molecule has 0 bridgehead atoms. The molecule has 21 heavy (non-hydrogen) atoms. The molecule has 120 valence electrons. The van der Waals surface area contributed by atoms with Crippen LogP contribution in [0.15, 0.2) is 18.2 Å². The summed E-state index contributed by atoms with van der Waals surface area (Å²) in [6.07, 6.45) is 0. The van der Waals surface area contributed by atoms with Gasteiger partial charge in [0, 0.05) is 5.69 Å². The highest BCUT2D eigenvalue weighted by molar-refractivity contribution is 5.96. The second-order valence-corrected chi connectivity index (χ2v) is 3.28. The first-order valence-corrected chi connectivity index (χ1v) is 7.33. The monoisotopic (exact) mass is 297 g/mol. The van der Waals surface area contributed by atoms with Crippen molar-refractivity contribution in [3.05, 3.63) is 29.3 Å². The van der Waals surface area contributed by atoms with Gasteiger partial charge >= 0.3 is 11.9 Å². The van der Waals surface area contributed by atoms with Crippen LogP contribution in [0.4, 0.5) is 5.69 Å². The largest absolute Gasteiger partial charge is 0.462 e. The van der Waals surface area contributed by atoms with E-state index in [9.17, 15) is 9.59 Å². The Balaban J connectivity index is 0. The fourth-order valence-electron chi connectivity index (χ4n) is 1.32. The Kier molecular flexibility index (Phi) is 13.1. The second kappa shape index (κ2) is 13.0. The maximum absolute atomic E-state index is 11.5. The van der Waals surface area contributed by atoms with E-state index in [0.29, 0.717) is 5.69 Å². The molecule has 0 aliphatic rings. The van der Waals surface area contributed by atoms with Crippen LogP contribution in [0.5, 0.6) is 0 Å². The summed E-state index contributed by atoms with van der Waals surface area (Å²) >= 11 is 0. The lowest BCUT2D eigenvalue weighted by Crippen LogP contribution is -2.10. The van der Waals surface area contributed by atoms with E-state index in [1.165, 1.54) is 18.2 Å². The average molecular weight is 297 g/mol. The number of benzene rings is 1. The van der Waals surface area contributed by atoms with Crippen LogP contribution in [0.1, 0.15) is 62.3 Å². The van der Waals surface area contributed by atoms with Crippen LogP contribution < -0.4 is 5.73 Å². The number of ether oxygens (including phenoxy) is 2. The molecule has 0 heterocycles. The molecule has 0 aliphatic heterocycles. The van der Waals surface area contributed by atoms with Crippen molar-refractivity contribution in [1.82, 2.24) is 0 Å². The molecule has 0 unspecified atom stereocenters. The van der Waals surface area contributed by atoms with E-state index in [4.69, 9.17) is 15.2 Å². The lowest BCUT2D eigenvalue weighted by atomic mass is 10.1. The number of hydrogen-bond donors (Lipinski definition) is 1. The summed E-state index contributed by atoms with van der Waals surface area (Å²) in [4.78, 5) is 23.0. The van der Waals surface area contributed by atoms with Crippen molar-refractivity contribution in [3.8, 4) is 0 Å². The molecule has 0 aromatic heterocycles. The van der Waals surface area contributed by atoms with Gasteiger partial charge in [-0.1, -0.05) is 27.7 Å². The van der Waals surface area contributed by atoms with Crippen LogP contribution in [-0.4, -0.2) is 25.2 Å². The van der Waals surface area contributed by atoms with E-state index in [2.05, 4.69) is 0 Å². The molecule has 5 nitrogen and oxygen atoms in total. The number of anilines is 1. The highest BCUT2D eigenvalue weighted by atomic mass is 16.5. The Morgan fingerprint density at radius 1 is 0.857 bits per heavy atom. The van der Waals surface area contributed by atoms with Crippen molar-refractivity contribution in [2.75, 3.05) is 18.9 Å². The molecule has 2 N–H and O–H groups in total. The van der Waals surface area contributed by atoms with Gasteiger partial charge in [0.1, 0.15) is 0 Å². The highest BCUT2D eigenvalue weighted by Gasteiger charge is 2.13. The van der Waals surface area contributed by atoms with E-state index in [1.54, 1.807) is 13.8 Å². The maximum Gasteiger partial charge on any atom is 0.338 e. The summed E-state index contributed by atoms with van der Waals surface area (Å²) in [5.41, 5.74) is 6.42. The molecule has 5 heteroatoms. The zero-order valence-electron chi connectivity index (χ0n) is 13.9. The number of carbonyl (C=O) groups is 2. The molecule has 0 fully saturated rings. The lowest BCUT2D eigenvalue weighted by Gasteiger charge is -2.06. The summed E-state index contributed by atoms with van der Waals surface area (Å²) in [7, 11) is 0. The number of rotatable bonds is 4. The van der Waals surface area contributed by atoms with Crippen LogP contribution >= 0.6 is 0 Å². The van der Waals surface area contributed by atoms with Crippen molar-refractivity contribution in [1.29, 1.82) is 0 Å². The molecule has 0 spiro atoms. The van der Waals surface area contributed by atoms with Crippen molar-refractivity contribution < 1.29 is 19.1 Å². The molecule has 0 aliphatic carbocycles. The quantitative estimate of drug-likeness (QED) is 0.677. The zero-order chi connectivity index (χ0) is 16.8.